The molecule has 1 fully saturated rings. The van der Waals surface area contributed by atoms with E-state index in [1.807, 2.05) is 13.8 Å². The van der Waals surface area contributed by atoms with Crippen LogP contribution in [0.5, 0.6) is 0 Å². The lowest BCUT2D eigenvalue weighted by molar-refractivity contribution is -0.129. The molecule has 17 heavy (non-hydrogen) atoms. The smallest absolute Gasteiger partial charge is 0.227 e. The molecule has 0 aromatic rings. The Balaban J connectivity index is 2.33. The van der Waals surface area contributed by atoms with Gasteiger partial charge >= 0.3 is 0 Å². The average molecular weight is 260 g/mol. The Hall–Kier alpha value is -0.240. The minimum atomic E-state index is -0.443. The second-order valence-electron chi connectivity index (χ2n) is 6.00. The van der Waals surface area contributed by atoms with Gasteiger partial charge in [-0.25, -0.2) is 0 Å². The molecule has 1 aliphatic carbocycles. The van der Waals surface area contributed by atoms with Gasteiger partial charge in [0.2, 0.25) is 5.91 Å². The lowest BCUT2D eigenvalue weighted by Crippen LogP contribution is -2.45. The van der Waals surface area contributed by atoms with Crippen molar-refractivity contribution in [1.29, 1.82) is 0 Å². The summed E-state index contributed by atoms with van der Waals surface area (Å²) in [7, 11) is 0. The molecule has 0 aliphatic heterocycles. The number of alkyl halides is 1. The van der Waals surface area contributed by atoms with Crippen molar-refractivity contribution in [1.82, 2.24) is 5.32 Å². The van der Waals surface area contributed by atoms with Crippen molar-refractivity contribution in [2.45, 2.75) is 65.3 Å². The first kappa shape index (κ1) is 14.8. The topological polar surface area (TPSA) is 29.1 Å². The third-order valence-corrected chi connectivity index (χ3v) is 4.50. The molecule has 0 unspecified atom stereocenters. The van der Waals surface area contributed by atoms with E-state index in [0.29, 0.717) is 11.9 Å². The Morgan fingerprint density at radius 3 is 2.35 bits per heavy atom. The maximum absolute atomic E-state index is 12.0. The zero-order valence-electron chi connectivity index (χ0n) is 11.4. The lowest BCUT2D eigenvalue weighted by Gasteiger charge is -2.31. The summed E-state index contributed by atoms with van der Waals surface area (Å²) in [5.74, 6) is 1.37. The van der Waals surface area contributed by atoms with Crippen LogP contribution < -0.4 is 5.32 Å². The second-order valence-corrected chi connectivity index (χ2v) is 6.26. The predicted octanol–water partition coefficient (Wildman–Crippen LogP) is 3.73. The molecule has 0 aromatic heterocycles. The van der Waals surface area contributed by atoms with Crippen LogP contribution in [0.25, 0.3) is 0 Å². The Bertz CT molecular complexity index is 245. The minimum Gasteiger partial charge on any atom is -0.353 e. The van der Waals surface area contributed by atoms with Gasteiger partial charge in [0.05, 0.1) is 5.41 Å². The number of carbonyl (C=O) groups excluding carboxylic acids is 1. The van der Waals surface area contributed by atoms with Crippen LogP contribution in [0.2, 0.25) is 0 Å². The van der Waals surface area contributed by atoms with Gasteiger partial charge in [0, 0.05) is 11.9 Å². The Morgan fingerprint density at radius 1 is 1.29 bits per heavy atom. The zero-order valence-corrected chi connectivity index (χ0v) is 12.1. The summed E-state index contributed by atoms with van der Waals surface area (Å²) in [5, 5.41) is 3.15. The second kappa shape index (κ2) is 6.63. The van der Waals surface area contributed by atoms with E-state index in [-0.39, 0.29) is 5.91 Å². The van der Waals surface area contributed by atoms with E-state index in [2.05, 4.69) is 12.2 Å². The molecule has 2 nitrogen and oxygen atoms in total. The van der Waals surface area contributed by atoms with Crippen molar-refractivity contribution in [2.24, 2.45) is 11.3 Å². The van der Waals surface area contributed by atoms with Gasteiger partial charge in [-0.2, -0.15) is 0 Å². The van der Waals surface area contributed by atoms with Crippen LogP contribution in [-0.2, 0) is 4.79 Å². The van der Waals surface area contributed by atoms with E-state index in [0.717, 1.165) is 18.8 Å². The van der Waals surface area contributed by atoms with Crippen LogP contribution >= 0.6 is 11.6 Å². The van der Waals surface area contributed by atoms with E-state index in [1.165, 1.54) is 25.7 Å². The fourth-order valence-corrected chi connectivity index (χ4v) is 2.57. The van der Waals surface area contributed by atoms with Crippen molar-refractivity contribution in [3.8, 4) is 0 Å². The number of amides is 1. The number of rotatable bonds is 5. The normalized spacial score (nSPS) is 25.6. The van der Waals surface area contributed by atoms with Crippen LogP contribution in [0.15, 0.2) is 0 Å². The number of nitrogens with one attached hydrogen (secondary N) is 1. The van der Waals surface area contributed by atoms with E-state index < -0.39 is 5.41 Å². The quantitative estimate of drug-likeness (QED) is 0.749. The average Bonchev–Trinajstić information content (AvgIpc) is 2.32. The molecule has 0 aromatic carbocycles. The fourth-order valence-electron chi connectivity index (χ4n) is 2.45. The van der Waals surface area contributed by atoms with Gasteiger partial charge in [0.1, 0.15) is 0 Å². The van der Waals surface area contributed by atoms with Gasteiger partial charge in [0.25, 0.3) is 0 Å². The maximum Gasteiger partial charge on any atom is 0.227 e. The summed E-state index contributed by atoms with van der Waals surface area (Å²) in [5.41, 5.74) is -0.443. The largest absolute Gasteiger partial charge is 0.353 e. The van der Waals surface area contributed by atoms with Crippen LogP contribution in [0, 0.1) is 11.3 Å². The molecule has 0 radical (unpaired) electrons. The van der Waals surface area contributed by atoms with Crippen molar-refractivity contribution in [3.63, 3.8) is 0 Å². The van der Waals surface area contributed by atoms with Crippen LogP contribution in [0.4, 0.5) is 0 Å². The summed E-state index contributed by atoms with van der Waals surface area (Å²) in [4.78, 5) is 12.0. The molecule has 1 saturated carbocycles. The van der Waals surface area contributed by atoms with Gasteiger partial charge in [-0.15, -0.1) is 11.6 Å². The molecule has 3 heteroatoms. The summed E-state index contributed by atoms with van der Waals surface area (Å²) < 4.78 is 0. The van der Waals surface area contributed by atoms with Crippen molar-refractivity contribution in [3.05, 3.63) is 0 Å². The van der Waals surface area contributed by atoms with E-state index in [1.54, 1.807) is 0 Å². The Morgan fingerprint density at radius 2 is 1.88 bits per heavy atom. The molecule has 1 aliphatic rings. The number of halogens is 1. The van der Waals surface area contributed by atoms with Gasteiger partial charge in [-0.3, -0.25) is 4.79 Å². The summed E-state index contributed by atoms with van der Waals surface area (Å²) in [6.07, 6.45) is 7.42. The molecule has 1 N–H and O–H groups in total. The van der Waals surface area contributed by atoms with Gasteiger partial charge in [-0.05, 0) is 45.4 Å². The summed E-state index contributed by atoms with van der Waals surface area (Å²) in [6, 6.07) is 0.373. The first-order valence-electron chi connectivity index (χ1n) is 6.86. The molecule has 0 heterocycles. The fraction of sp³-hybridized carbons (Fsp3) is 0.929. The van der Waals surface area contributed by atoms with E-state index in [9.17, 15) is 4.79 Å². The van der Waals surface area contributed by atoms with Crippen molar-refractivity contribution in [2.75, 3.05) is 5.88 Å². The highest BCUT2D eigenvalue weighted by atomic mass is 35.5. The van der Waals surface area contributed by atoms with Crippen LogP contribution in [0.3, 0.4) is 0 Å². The molecule has 0 bridgehead atoms. The molecule has 100 valence electrons. The first-order chi connectivity index (χ1) is 7.99. The molecule has 1 rings (SSSR count). The summed E-state index contributed by atoms with van der Waals surface area (Å²) >= 11 is 5.81. The highest BCUT2D eigenvalue weighted by Gasteiger charge is 2.29. The number of carbonyl (C=O) groups is 1. The van der Waals surface area contributed by atoms with Crippen molar-refractivity contribution >= 4 is 17.5 Å². The third-order valence-electron chi connectivity index (χ3n) is 3.83. The van der Waals surface area contributed by atoms with E-state index in [4.69, 9.17) is 11.6 Å². The van der Waals surface area contributed by atoms with Crippen LogP contribution in [0.1, 0.15) is 59.3 Å². The molecular weight excluding hydrogens is 234 g/mol. The molecule has 0 atom stereocenters. The van der Waals surface area contributed by atoms with Gasteiger partial charge in [-0.1, -0.05) is 19.8 Å². The third kappa shape index (κ3) is 4.50. The molecule has 0 spiro atoms. The van der Waals surface area contributed by atoms with E-state index >= 15 is 0 Å². The zero-order chi connectivity index (χ0) is 12.9. The Kier molecular flexibility index (Phi) is 5.78. The molecule has 0 saturated heterocycles. The van der Waals surface area contributed by atoms with Gasteiger partial charge in [0.15, 0.2) is 0 Å². The number of hydrogen-bond donors (Lipinski definition) is 1. The first-order valence-corrected chi connectivity index (χ1v) is 7.40. The Labute approximate surface area is 110 Å². The highest BCUT2D eigenvalue weighted by molar-refractivity contribution is 6.19. The summed E-state index contributed by atoms with van der Waals surface area (Å²) in [6.45, 7) is 6.05. The molecule has 1 amide bonds. The number of hydrogen-bond acceptors (Lipinski definition) is 1. The highest BCUT2D eigenvalue weighted by Crippen LogP contribution is 2.28. The minimum absolute atomic E-state index is 0.103. The standard InChI is InChI=1S/C14H26ClNO/c1-4-5-11-6-8-12(9-7-11)16-13(17)14(2,3)10-15/h11-12H,4-10H2,1-3H3,(H,16,17). The van der Waals surface area contributed by atoms with Crippen molar-refractivity contribution < 1.29 is 4.79 Å². The molecular formula is C14H26ClNO. The monoisotopic (exact) mass is 259 g/mol. The predicted molar refractivity (Wildman–Crippen MR) is 73.3 cm³/mol. The lowest BCUT2D eigenvalue weighted by atomic mass is 9.83. The maximum atomic E-state index is 12.0. The SMILES string of the molecule is CCCC1CCC(NC(=O)C(C)(C)CCl)CC1. The van der Waals surface area contributed by atoms with Gasteiger partial charge < -0.3 is 5.32 Å². The van der Waals surface area contributed by atoms with Crippen LogP contribution in [-0.4, -0.2) is 17.8 Å².